The minimum Gasteiger partial charge on any atom is -0.481 e. The molecular weight excluding hydrogens is 290 g/mol. The molecule has 1 aromatic carbocycles. The molecule has 1 N–H and O–H groups in total. The van der Waals surface area contributed by atoms with Crippen molar-refractivity contribution in [3.8, 4) is 17.6 Å². The predicted octanol–water partition coefficient (Wildman–Crippen LogP) is 2.45. The fourth-order valence-corrected chi connectivity index (χ4v) is 2.14. The first kappa shape index (κ1) is 16.6. The molecule has 0 aliphatic rings. The van der Waals surface area contributed by atoms with Crippen LogP contribution in [-0.4, -0.2) is 22.3 Å². The SMILES string of the molecule is CCC#CCOc1cccc(CNC(=O)c2cc(C)nn2C)c1. The Morgan fingerprint density at radius 1 is 1.35 bits per heavy atom. The summed E-state index contributed by atoms with van der Waals surface area (Å²) in [5.41, 5.74) is 2.34. The number of hydrogen-bond donors (Lipinski definition) is 1. The van der Waals surface area contributed by atoms with E-state index in [0.29, 0.717) is 18.8 Å². The molecule has 5 nitrogen and oxygen atoms in total. The molecule has 0 aliphatic carbocycles. The maximum absolute atomic E-state index is 12.2. The first-order valence-electron chi connectivity index (χ1n) is 7.56. The number of hydrogen-bond acceptors (Lipinski definition) is 3. The number of amides is 1. The zero-order valence-corrected chi connectivity index (χ0v) is 13.7. The largest absolute Gasteiger partial charge is 0.481 e. The quantitative estimate of drug-likeness (QED) is 0.863. The van der Waals surface area contributed by atoms with Crippen molar-refractivity contribution in [2.75, 3.05) is 6.61 Å². The molecule has 2 rings (SSSR count). The number of aryl methyl sites for hydroxylation is 2. The summed E-state index contributed by atoms with van der Waals surface area (Å²) in [6, 6.07) is 9.39. The zero-order valence-electron chi connectivity index (χ0n) is 13.7. The van der Waals surface area contributed by atoms with Crippen molar-refractivity contribution in [2.24, 2.45) is 7.05 Å². The van der Waals surface area contributed by atoms with Crippen LogP contribution in [0.1, 0.15) is 35.1 Å². The van der Waals surface area contributed by atoms with Crippen LogP contribution in [0.15, 0.2) is 30.3 Å². The van der Waals surface area contributed by atoms with E-state index in [0.717, 1.165) is 23.4 Å². The van der Waals surface area contributed by atoms with Crippen LogP contribution in [0.4, 0.5) is 0 Å². The Balaban J connectivity index is 1.93. The molecule has 0 spiro atoms. The van der Waals surface area contributed by atoms with E-state index in [1.54, 1.807) is 17.8 Å². The fraction of sp³-hybridized carbons (Fsp3) is 0.333. The Labute approximate surface area is 136 Å². The summed E-state index contributed by atoms with van der Waals surface area (Å²) in [4.78, 5) is 12.2. The average Bonchev–Trinajstić information content (AvgIpc) is 2.88. The third-order valence-corrected chi connectivity index (χ3v) is 3.20. The third kappa shape index (κ3) is 4.89. The highest BCUT2D eigenvalue weighted by Crippen LogP contribution is 2.13. The van der Waals surface area contributed by atoms with Crippen LogP contribution in [0, 0.1) is 18.8 Å². The molecule has 0 radical (unpaired) electrons. The minimum atomic E-state index is -0.145. The second kappa shape index (κ2) is 8.04. The first-order chi connectivity index (χ1) is 11.1. The Hall–Kier alpha value is -2.74. The average molecular weight is 311 g/mol. The van der Waals surface area contributed by atoms with Gasteiger partial charge in [-0.1, -0.05) is 25.0 Å². The highest BCUT2D eigenvalue weighted by molar-refractivity contribution is 5.92. The van der Waals surface area contributed by atoms with Crippen LogP contribution < -0.4 is 10.1 Å². The van der Waals surface area contributed by atoms with E-state index < -0.39 is 0 Å². The molecule has 0 aliphatic heterocycles. The number of carbonyl (C=O) groups excluding carboxylic acids is 1. The van der Waals surface area contributed by atoms with Gasteiger partial charge in [0, 0.05) is 20.0 Å². The molecule has 0 atom stereocenters. The molecule has 0 saturated heterocycles. The summed E-state index contributed by atoms with van der Waals surface area (Å²) in [5.74, 6) is 6.49. The van der Waals surface area contributed by atoms with Crippen molar-refractivity contribution in [1.29, 1.82) is 0 Å². The van der Waals surface area contributed by atoms with Crippen molar-refractivity contribution in [3.05, 3.63) is 47.3 Å². The lowest BCUT2D eigenvalue weighted by Crippen LogP contribution is -2.25. The van der Waals surface area contributed by atoms with Crippen molar-refractivity contribution < 1.29 is 9.53 Å². The van der Waals surface area contributed by atoms with Crippen molar-refractivity contribution in [1.82, 2.24) is 15.1 Å². The van der Waals surface area contributed by atoms with Crippen molar-refractivity contribution in [3.63, 3.8) is 0 Å². The van der Waals surface area contributed by atoms with Crippen LogP contribution in [0.2, 0.25) is 0 Å². The summed E-state index contributed by atoms with van der Waals surface area (Å²) >= 11 is 0. The second-order valence-electron chi connectivity index (χ2n) is 5.12. The molecule has 0 fully saturated rings. The van der Waals surface area contributed by atoms with Gasteiger partial charge < -0.3 is 10.1 Å². The van der Waals surface area contributed by atoms with Gasteiger partial charge in [0.2, 0.25) is 0 Å². The lowest BCUT2D eigenvalue weighted by atomic mass is 10.2. The lowest BCUT2D eigenvalue weighted by Gasteiger charge is -2.07. The van der Waals surface area contributed by atoms with Gasteiger partial charge in [-0.15, -0.1) is 5.92 Å². The smallest absolute Gasteiger partial charge is 0.269 e. The van der Waals surface area contributed by atoms with Gasteiger partial charge in [-0.3, -0.25) is 9.48 Å². The highest BCUT2D eigenvalue weighted by atomic mass is 16.5. The molecule has 23 heavy (non-hydrogen) atoms. The zero-order chi connectivity index (χ0) is 16.7. The van der Waals surface area contributed by atoms with E-state index in [-0.39, 0.29) is 5.91 Å². The van der Waals surface area contributed by atoms with Gasteiger partial charge in [-0.2, -0.15) is 5.10 Å². The summed E-state index contributed by atoms with van der Waals surface area (Å²) in [5, 5.41) is 7.06. The number of nitrogens with one attached hydrogen (secondary N) is 1. The van der Waals surface area contributed by atoms with Gasteiger partial charge in [-0.25, -0.2) is 0 Å². The van der Waals surface area contributed by atoms with Crippen LogP contribution in [0.25, 0.3) is 0 Å². The standard InChI is InChI=1S/C18H21N3O2/c1-4-5-6-10-23-16-9-7-8-15(12-16)13-19-18(22)17-11-14(2)20-21(17)3/h7-9,11-12H,4,10,13H2,1-3H3,(H,19,22). The number of benzene rings is 1. The van der Waals surface area contributed by atoms with Crippen molar-refractivity contribution >= 4 is 5.91 Å². The van der Waals surface area contributed by atoms with Gasteiger partial charge in [0.05, 0.1) is 5.69 Å². The Morgan fingerprint density at radius 3 is 2.87 bits per heavy atom. The van der Waals surface area contributed by atoms with Gasteiger partial charge in [0.15, 0.2) is 0 Å². The molecule has 5 heteroatoms. The molecule has 120 valence electrons. The Morgan fingerprint density at radius 2 is 2.17 bits per heavy atom. The van der Waals surface area contributed by atoms with Gasteiger partial charge in [-0.05, 0) is 30.7 Å². The molecule has 0 unspecified atom stereocenters. The van der Waals surface area contributed by atoms with E-state index in [2.05, 4.69) is 22.3 Å². The molecule has 0 saturated carbocycles. The molecule has 2 aromatic rings. The summed E-state index contributed by atoms with van der Waals surface area (Å²) in [6.07, 6.45) is 0.822. The third-order valence-electron chi connectivity index (χ3n) is 3.20. The van der Waals surface area contributed by atoms with Gasteiger partial charge in [0.1, 0.15) is 18.1 Å². The molecule has 1 aromatic heterocycles. The highest BCUT2D eigenvalue weighted by Gasteiger charge is 2.11. The molecule has 0 bridgehead atoms. The van der Waals surface area contributed by atoms with Gasteiger partial charge >= 0.3 is 0 Å². The van der Waals surface area contributed by atoms with Crippen LogP contribution in [0.5, 0.6) is 5.75 Å². The Kier molecular flexibility index (Phi) is 5.81. The lowest BCUT2D eigenvalue weighted by molar-refractivity contribution is 0.0941. The fourth-order valence-electron chi connectivity index (χ4n) is 2.14. The number of carbonyl (C=O) groups is 1. The topological polar surface area (TPSA) is 56.1 Å². The van der Waals surface area contributed by atoms with Crippen LogP contribution in [-0.2, 0) is 13.6 Å². The first-order valence-corrected chi connectivity index (χ1v) is 7.56. The predicted molar refractivity (Wildman–Crippen MR) is 89.1 cm³/mol. The number of nitrogens with zero attached hydrogens (tertiary/aromatic N) is 2. The maximum Gasteiger partial charge on any atom is 0.269 e. The van der Waals surface area contributed by atoms with E-state index in [1.165, 1.54) is 0 Å². The number of aromatic nitrogens is 2. The maximum atomic E-state index is 12.2. The molecule has 1 amide bonds. The second-order valence-corrected chi connectivity index (χ2v) is 5.12. The van der Waals surface area contributed by atoms with Crippen LogP contribution >= 0.6 is 0 Å². The van der Waals surface area contributed by atoms with E-state index in [9.17, 15) is 4.79 Å². The molecule has 1 heterocycles. The molecular formula is C18H21N3O2. The van der Waals surface area contributed by atoms with Crippen molar-refractivity contribution in [2.45, 2.75) is 26.8 Å². The minimum absolute atomic E-state index is 0.145. The number of rotatable bonds is 5. The van der Waals surface area contributed by atoms with E-state index >= 15 is 0 Å². The summed E-state index contributed by atoms with van der Waals surface area (Å²) < 4.78 is 7.14. The number of ether oxygens (including phenoxy) is 1. The summed E-state index contributed by atoms with van der Waals surface area (Å²) in [7, 11) is 1.76. The van der Waals surface area contributed by atoms with Gasteiger partial charge in [0.25, 0.3) is 5.91 Å². The Bertz CT molecular complexity index is 738. The summed E-state index contributed by atoms with van der Waals surface area (Å²) in [6.45, 7) is 4.66. The van der Waals surface area contributed by atoms with Crippen LogP contribution in [0.3, 0.4) is 0 Å². The normalized spacial score (nSPS) is 9.87. The monoisotopic (exact) mass is 311 g/mol. The van der Waals surface area contributed by atoms with E-state index in [4.69, 9.17) is 4.74 Å². The van der Waals surface area contributed by atoms with E-state index in [1.807, 2.05) is 38.1 Å².